The molecule has 5 heteroatoms. The number of hydrogen-bond donors (Lipinski definition) is 0. The maximum absolute atomic E-state index is 15.1. The van der Waals surface area contributed by atoms with E-state index in [2.05, 4.69) is 13.8 Å². The van der Waals surface area contributed by atoms with Crippen LogP contribution < -0.4 is 0 Å². The van der Waals surface area contributed by atoms with Crippen LogP contribution in [0.4, 0.5) is 8.78 Å². The van der Waals surface area contributed by atoms with Crippen LogP contribution >= 0.6 is 0 Å². The number of halogens is 2. The summed E-state index contributed by atoms with van der Waals surface area (Å²) in [7, 11) is 0. The van der Waals surface area contributed by atoms with Crippen molar-refractivity contribution >= 4 is 0 Å². The summed E-state index contributed by atoms with van der Waals surface area (Å²) in [5.41, 5.74) is 0.922. The van der Waals surface area contributed by atoms with E-state index in [4.69, 9.17) is 14.2 Å². The number of benzene rings is 1. The highest BCUT2D eigenvalue weighted by Gasteiger charge is 2.34. The second-order valence-electron chi connectivity index (χ2n) is 10.2. The van der Waals surface area contributed by atoms with E-state index in [0.717, 1.165) is 57.5 Å². The highest BCUT2D eigenvalue weighted by molar-refractivity contribution is 5.32. The van der Waals surface area contributed by atoms with Gasteiger partial charge in [-0.3, -0.25) is 0 Å². The van der Waals surface area contributed by atoms with Crippen molar-refractivity contribution in [3.63, 3.8) is 0 Å². The Kier molecular flexibility index (Phi) is 8.58. The topological polar surface area (TPSA) is 27.7 Å². The number of rotatable bonds is 7. The quantitative estimate of drug-likeness (QED) is 0.444. The Morgan fingerprint density at radius 3 is 1.91 bits per heavy atom. The normalized spacial score (nSPS) is 33.9. The van der Waals surface area contributed by atoms with Gasteiger partial charge in [0.25, 0.3) is 0 Å². The summed E-state index contributed by atoms with van der Waals surface area (Å²) in [6.45, 7) is 5.97. The van der Waals surface area contributed by atoms with E-state index in [1.807, 2.05) is 6.07 Å². The van der Waals surface area contributed by atoms with E-state index in [1.54, 1.807) is 6.07 Å². The Bertz CT molecular complexity index is 716. The van der Waals surface area contributed by atoms with E-state index in [-0.39, 0.29) is 18.1 Å². The van der Waals surface area contributed by atoms with Crippen LogP contribution in [0.3, 0.4) is 0 Å². The predicted octanol–water partition coefficient (Wildman–Crippen LogP) is 7.09. The smallest absolute Gasteiger partial charge is 0.162 e. The van der Waals surface area contributed by atoms with Crippen molar-refractivity contribution in [1.29, 1.82) is 0 Å². The second kappa shape index (κ2) is 11.4. The third kappa shape index (κ3) is 5.53. The van der Waals surface area contributed by atoms with Crippen LogP contribution in [0, 0.1) is 23.5 Å². The molecule has 32 heavy (non-hydrogen) atoms. The molecule has 2 saturated heterocycles. The lowest BCUT2D eigenvalue weighted by molar-refractivity contribution is -0.190. The zero-order valence-electron chi connectivity index (χ0n) is 19.8. The lowest BCUT2D eigenvalue weighted by Crippen LogP contribution is -2.34. The first-order chi connectivity index (χ1) is 15.6. The van der Waals surface area contributed by atoms with Crippen molar-refractivity contribution in [2.45, 2.75) is 102 Å². The van der Waals surface area contributed by atoms with Crippen molar-refractivity contribution in [2.75, 3.05) is 19.8 Å². The van der Waals surface area contributed by atoms with Gasteiger partial charge in [0, 0.05) is 12.5 Å². The minimum Gasteiger partial charge on any atom is -0.378 e. The number of hydrogen-bond acceptors (Lipinski definition) is 3. The van der Waals surface area contributed by atoms with E-state index in [1.165, 1.54) is 19.3 Å². The summed E-state index contributed by atoms with van der Waals surface area (Å²) < 4.78 is 47.7. The molecule has 3 nitrogen and oxygen atoms in total. The standard InChI is InChI=1S/C27H40F2O3/c1-3-5-18-7-14-24(30-15-18)20-10-8-19(9-11-20)22-12-13-23(27(29)26(22)28)21-16-31-25(6-4-2)32-17-21/h12-13,18-21,24-25H,3-11,14-17H2,1-2H3. The molecule has 0 amide bonds. The second-order valence-corrected chi connectivity index (χ2v) is 10.2. The fourth-order valence-corrected chi connectivity index (χ4v) is 5.97. The van der Waals surface area contributed by atoms with Crippen LogP contribution in [0.5, 0.6) is 0 Å². The lowest BCUT2D eigenvalue weighted by atomic mass is 9.74. The third-order valence-electron chi connectivity index (χ3n) is 7.91. The summed E-state index contributed by atoms with van der Waals surface area (Å²) in [5, 5.41) is 0. The van der Waals surface area contributed by atoms with Crippen molar-refractivity contribution in [2.24, 2.45) is 11.8 Å². The van der Waals surface area contributed by atoms with Gasteiger partial charge in [0.1, 0.15) is 0 Å². The molecule has 0 bridgehead atoms. The molecule has 0 radical (unpaired) electrons. The molecule has 1 saturated carbocycles. The molecule has 0 aromatic heterocycles. The zero-order valence-corrected chi connectivity index (χ0v) is 19.8. The van der Waals surface area contributed by atoms with Crippen LogP contribution in [0.1, 0.15) is 101 Å². The molecular weight excluding hydrogens is 410 g/mol. The van der Waals surface area contributed by atoms with Crippen LogP contribution in [0.2, 0.25) is 0 Å². The van der Waals surface area contributed by atoms with Gasteiger partial charge in [-0.15, -0.1) is 0 Å². The van der Waals surface area contributed by atoms with Crippen molar-refractivity contribution in [3.05, 3.63) is 34.9 Å². The third-order valence-corrected chi connectivity index (χ3v) is 7.91. The maximum atomic E-state index is 15.1. The molecule has 2 atom stereocenters. The SMILES string of the molecule is CCCC1CCC(C2CCC(c3ccc(C4COC(CCC)OC4)c(F)c3F)CC2)OC1. The molecule has 1 aromatic carbocycles. The van der Waals surface area contributed by atoms with Crippen LogP contribution in [-0.2, 0) is 14.2 Å². The first-order valence-corrected chi connectivity index (χ1v) is 12.9. The molecule has 0 N–H and O–H groups in total. The van der Waals surface area contributed by atoms with E-state index in [9.17, 15) is 0 Å². The van der Waals surface area contributed by atoms with Gasteiger partial charge < -0.3 is 14.2 Å². The van der Waals surface area contributed by atoms with Gasteiger partial charge in [-0.2, -0.15) is 0 Å². The minimum absolute atomic E-state index is 0.0963. The van der Waals surface area contributed by atoms with E-state index in [0.29, 0.717) is 36.4 Å². The maximum Gasteiger partial charge on any atom is 0.162 e. The van der Waals surface area contributed by atoms with Crippen molar-refractivity contribution in [1.82, 2.24) is 0 Å². The first-order valence-electron chi connectivity index (χ1n) is 12.9. The summed E-state index contributed by atoms with van der Waals surface area (Å²) >= 11 is 0. The fourth-order valence-electron chi connectivity index (χ4n) is 5.97. The average molecular weight is 451 g/mol. The molecule has 180 valence electrons. The Labute approximate surface area is 192 Å². The molecule has 1 aromatic rings. The summed E-state index contributed by atoms with van der Waals surface area (Å²) in [6, 6.07) is 3.57. The Morgan fingerprint density at radius 1 is 0.719 bits per heavy atom. The van der Waals surface area contributed by atoms with Gasteiger partial charge in [0.15, 0.2) is 17.9 Å². The molecule has 4 rings (SSSR count). The van der Waals surface area contributed by atoms with Gasteiger partial charge in [-0.1, -0.05) is 38.8 Å². The Balaban J connectivity index is 1.32. The molecule has 1 aliphatic carbocycles. The van der Waals surface area contributed by atoms with Gasteiger partial charge in [-0.05, 0) is 80.2 Å². The summed E-state index contributed by atoms with van der Waals surface area (Å²) in [5.74, 6) is -0.248. The molecule has 3 fully saturated rings. The van der Waals surface area contributed by atoms with E-state index >= 15 is 8.78 Å². The highest BCUT2D eigenvalue weighted by atomic mass is 19.2. The summed E-state index contributed by atoms with van der Waals surface area (Å²) in [6.07, 6.45) is 10.8. The minimum atomic E-state index is -0.714. The average Bonchev–Trinajstić information content (AvgIpc) is 2.83. The summed E-state index contributed by atoms with van der Waals surface area (Å²) in [4.78, 5) is 0. The largest absolute Gasteiger partial charge is 0.378 e. The van der Waals surface area contributed by atoms with Crippen molar-refractivity contribution in [3.8, 4) is 0 Å². The molecule has 3 aliphatic rings. The fraction of sp³-hybridized carbons (Fsp3) is 0.778. The molecule has 2 unspecified atom stereocenters. The predicted molar refractivity (Wildman–Crippen MR) is 122 cm³/mol. The lowest BCUT2D eigenvalue weighted by Gasteiger charge is -2.38. The Morgan fingerprint density at radius 2 is 1.34 bits per heavy atom. The Hall–Kier alpha value is -1.04. The van der Waals surface area contributed by atoms with Crippen molar-refractivity contribution < 1.29 is 23.0 Å². The number of ether oxygens (including phenoxy) is 3. The first kappa shape index (κ1) is 24.1. The highest BCUT2D eigenvalue weighted by Crippen LogP contribution is 2.42. The molecule has 0 spiro atoms. The van der Waals surface area contributed by atoms with Gasteiger partial charge >= 0.3 is 0 Å². The van der Waals surface area contributed by atoms with Gasteiger partial charge in [-0.25, -0.2) is 8.78 Å². The molecule has 2 aliphatic heterocycles. The van der Waals surface area contributed by atoms with E-state index < -0.39 is 11.6 Å². The van der Waals surface area contributed by atoms with Gasteiger partial charge in [0.05, 0.1) is 19.3 Å². The van der Waals surface area contributed by atoms with Crippen LogP contribution in [0.25, 0.3) is 0 Å². The van der Waals surface area contributed by atoms with Crippen LogP contribution in [-0.4, -0.2) is 32.2 Å². The molecule has 2 heterocycles. The van der Waals surface area contributed by atoms with Gasteiger partial charge in [0.2, 0.25) is 0 Å². The monoisotopic (exact) mass is 450 g/mol. The van der Waals surface area contributed by atoms with Crippen LogP contribution in [0.15, 0.2) is 12.1 Å². The zero-order chi connectivity index (χ0) is 22.5. The molecular formula is C27H40F2O3.